The molecule has 4 heteroatoms. The van der Waals surface area contributed by atoms with E-state index in [1.54, 1.807) is 0 Å². The maximum Gasteiger partial charge on any atom is 0.289 e. The zero-order chi connectivity index (χ0) is 13.5. The second-order valence-electron chi connectivity index (χ2n) is 5.36. The summed E-state index contributed by atoms with van der Waals surface area (Å²) in [6.45, 7) is 10.5. The number of hydrogen-bond acceptors (Lipinski definition) is 3. The number of ketones is 1. The van der Waals surface area contributed by atoms with Gasteiger partial charge in [0, 0.05) is 12.1 Å². The van der Waals surface area contributed by atoms with E-state index in [1.165, 1.54) is 0 Å². The van der Waals surface area contributed by atoms with Crippen LogP contribution in [0.3, 0.4) is 0 Å². The molecule has 0 fully saturated rings. The van der Waals surface area contributed by atoms with Crippen LogP contribution in [-0.4, -0.2) is 29.8 Å². The van der Waals surface area contributed by atoms with Gasteiger partial charge in [0.1, 0.15) is 0 Å². The highest BCUT2D eigenvalue weighted by atomic mass is 16.2. The molecule has 0 rings (SSSR count). The van der Waals surface area contributed by atoms with Crippen molar-refractivity contribution in [3.8, 4) is 0 Å². The molecular formula is C13H26N2O2. The number of amides is 1. The van der Waals surface area contributed by atoms with Crippen molar-refractivity contribution in [2.75, 3.05) is 6.54 Å². The number of rotatable bonds is 7. The third-order valence-corrected chi connectivity index (χ3v) is 2.26. The van der Waals surface area contributed by atoms with Crippen LogP contribution in [-0.2, 0) is 9.59 Å². The maximum absolute atomic E-state index is 11.9. The topological polar surface area (TPSA) is 58.2 Å². The molecule has 0 spiro atoms. The molecule has 0 saturated carbocycles. The summed E-state index contributed by atoms with van der Waals surface area (Å²) in [6.07, 6.45) is 2.40. The SMILES string of the molecule is CCCNC(=O)C(=O)C(CCC)NC(C)(C)C. The van der Waals surface area contributed by atoms with Crippen molar-refractivity contribution in [2.45, 2.75) is 65.5 Å². The van der Waals surface area contributed by atoms with E-state index >= 15 is 0 Å². The average molecular weight is 242 g/mol. The van der Waals surface area contributed by atoms with Gasteiger partial charge in [-0.25, -0.2) is 0 Å². The molecule has 0 aliphatic heterocycles. The van der Waals surface area contributed by atoms with Crippen molar-refractivity contribution in [2.24, 2.45) is 0 Å². The van der Waals surface area contributed by atoms with Gasteiger partial charge in [0.25, 0.3) is 5.91 Å². The second-order valence-corrected chi connectivity index (χ2v) is 5.36. The van der Waals surface area contributed by atoms with Crippen molar-refractivity contribution in [1.29, 1.82) is 0 Å². The Morgan fingerprint density at radius 3 is 2.12 bits per heavy atom. The Kier molecular flexibility index (Phi) is 7.04. The minimum atomic E-state index is -0.470. The minimum absolute atomic E-state index is 0.166. The van der Waals surface area contributed by atoms with Gasteiger partial charge in [-0.2, -0.15) is 0 Å². The third-order valence-electron chi connectivity index (χ3n) is 2.26. The fourth-order valence-electron chi connectivity index (χ4n) is 1.56. The van der Waals surface area contributed by atoms with Gasteiger partial charge in [0.15, 0.2) is 0 Å². The summed E-state index contributed by atoms with van der Waals surface area (Å²) in [4.78, 5) is 23.5. The zero-order valence-corrected chi connectivity index (χ0v) is 11.7. The molecule has 1 unspecified atom stereocenters. The molecule has 100 valence electrons. The van der Waals surface area contributed by atoms with E-state index in [0.717, 1.165) is 12.8 Å². The Morgan fingerprint density at radius 2 is 1.71 bits per heavy atom. The standard InChI is InChI=1S/C13H26N2O2/c1-6-8-10(15-13(3,4)5)11(16)12(17)14-9-7-2/h10,15H,6-9H2,1-5H3,(H,14,17). The summed E-state index contributed by atoms with van der Waals surface area (Å²) in [6, 6.07) is -0.378. The van der Waals surface area contributed by atoms with E-state index in [1.807, 2.05) is 34.6 Å². The van der Waals surface area contributed by atoms with Crippen LogP contribution in [0.4, 0.5) is 0 Å². The highest BCUT2D eigenvalue weighted by Crippen LogP contribution is 2.07. The molecule has 0 aromatic rings. The largest absolute Gasteiger partial charge is 0.349 e. The maximum atomic E-state index is 11.9. The van der Waals surface area contributed by atoms with Crippen molar-refractivity contribution >= 4 is 11.7 Å². The van der Waals surface area contributed by atoms with Gasteiger partial charge < -0.3 is 10.6 Å². The van der Waals surface area contributed by atoms with Gasteiger partial charge in [-0.05, 0) is 33.6 Å². The lowest BCUT2D eigenvalue weighted by molar-refractivity contribution is -0.139. The first-order valence-electron chi connectivity index (χ1n) is 6.41. The summed E-state index contributed by atoms with van der Waals surface area (Å²) in [5, 5.41) is 5.83. The Morgan fingerprint density at radius 1 is 1.12 bits per heavy atom. The van der Waals surface area contributed by atoms with E-state index in [4.69, 9.17) is 0 Å². The van der Waals surface area contributed by atoms with Crippen LogP contribution in [0.1, 0.15) is 53.9 Å². The summed E-state index contributed by atoms with van der Waals surface area (Å²) >= 11 is 0. The number of hydrogen-bond donors (Lipinski definition) is 2. The highest BCUT2D eigenvalue weighted by Gasteiger charge is 2.27. The van der Waals surface area contributed by atoms with Crippen LogP contribution >= 0.6 is 0 Å². The van der Waals surface area contributed by atoms with E-state index in [-0.39, 0.29) is 17.4 Å². The summed E-state index contributed by atoms with van der Waals surface area (Å²) < 4.78 is 0. The predicted octanol–water partition coefficient (Wildman–Crippen LogP) is 1.64. The molecule has 0 radical (unpaired) electrons. The average Bonchev–Trinajstić information content (AvgIpc) is 2.22. The molecule has 0 aliphatic rings. The van der Waals surface area contributed by atoms with Gasteiger partial charge in [-0.3, -0.25) is 9.59 Å². The Balaban J connectivity index is 4.48. The van der Waals surface area contributed by atoms with Gasteiger partial charge in [-0.1, -0.05) is 20.3 Å². The third kappa shape index (κ3) is 7.10. The van der Waals surface area contributed by atoms with Crippen LogP contribution in [0, 0.1) is 0 Å². The van der Waals surface area contributed by atoms with Crippen LogP contribution in [0.25, 0.3) is 0 Å². The monoisotopic (exact) mass is 242 g/mol. The zero-order valence-electron chi connectivity index (χ0n) is 11.7. The van der Waals surface area contributed by atoms with Crippen molar-refractivity contribution in [3.05, 3.63) is 0 Å². The van der Waals surface area contributed by atoms with Gasteiger partial charge >= 0.3 is 0 Å². The normalized spacial score (nSPS) is 13.2. The number of nitrogens with one attached hydrogen (secondary N) is 2. The first kappa shape index (κ1) is 16.1. The molecule has 0 aromatic carbocycles. The molecule has 17 heavy (non-hydrogen) atoms. The molecule has 1 atom stereocenters. The lowest BCUT2D eigenvalue weighted by Gasteiger charge is -2.27. The fourth-order valence-corrected chi connectivity index (χ4v) is 1.56. The van der Waals surface area contributed by atoms with E-state index in [9.17, 15) is 9.59 Å². The number of carbonyl (C=O) groups is 2. The molecule has 1 amide bonds. The highest BCUT2D eigenvalue weighted by molar-refractivity contribution is 6.38. The van der Waals surface area contributed by atoms with E-state index in [0.29, 0.717) is 13.0 Å². The molecule has 2 N–H and O–H groups in total. The van der Waals surface area contributed by atoms with E-state index in [2.05, 4.69) is 10.6 Å². The lowest BCUT2D eigenvalue weighted by Crippen LogP contribution is -2.51. The van der Waals surface area contributed by atoms with Gasteiger partial charge in [-0.15, -0.1) is 0 Å². The van der Waals surface area contributed by atoms with Gasteiger partial charge in [0.05, 0.1) is 6.04 Å². The summed E-state index contributed by atoms with van der Waals surface area (Å²) in [5.74, 6) is -0.822. The van der Waals surface area contributed by atoms with E-state index < -0.39 is 5.91 Å². The first-order chi connectivity index (χ1) is 7.81. The second kappa shape index (κ2) is 7.43. The summed E-state index contributed by atoms with van der Waals surface area (Å²) in [7, 11) is 0. The molecule has 0 heterocycles. The fraction of sp³-hybridized carbons (Fsp3) is 0.846. The molecule has 0 aliphatic carbocycles. The molecular weight excluding hydrogens is 216 g/mol. The van der Waals surface area contributed by atoms with Crippen molar-refractivity contribution in [1.82, 2.24) is 10.6 Å². The number of carbonyl (C=O) groups excluding carboxylic acids is 2. The Hall–Kier alpha value is -0.900. The van der Waals surface area contributed by atoms with Crippen LogP contribution in [0.15, 0.2) is 0 Å². The number of Topliss-reactive ketones (excluding diaryl/α,β-unsaturated/α-hetero) is 1. The smallest absolute Gasteiger partial charge is 0.289 e. The minimum Gasteiger partial charge on any atom is -0.349 e. The molecule has 4 nitrogen and oxygen atoms in total. The van der Waals surface area contributed by atoms with Crippen LogP contribution in [0.5, 0.6) is 0 Å². The van der Waals surface area contributed by atoms with Crippen LogP contribution < -0.4 is 10.6 Å². The summed E-state index contributed by atoms with van der Waals surface area (Å²) in [5.41, 5.74) is -0.166. The molecule has 0 aromatic heterocycles. The quantitative estimate of drug-likeness (QED) is 0.667. The molecule has 0 bridgehead atoms. The van der Waals surface area contributed by atoms with Crippen molar-refractivity contribution < 1.29 is 9.59 Å². The van der Waals surface area contributed by atoms with Crippen LogP contribution in [0.2, 0.25) is 0 Å². The predicted molar refractivity (Wildman–Crippen MR) is 69.9 cm³/mol. The first-order valence-corrected chi connectivity index (χ1v) is 6.41. The Bertz CT molecular complexity index is 257. The van der Waals surface area contributed by atoms with Gasteiger partial charge in [0.2, 0.25) is 5.78 Å². The molecule has 0 saturated heterocycles. The Labute approximate surface area is 105 Å². The lowest BCUT2D eigenvalue weighted by atomic mass is 10.0. The van der Waals surface area contributed by atoms with Crippen molar-refractivity contribution in [3.63, 3.8) is 0 Å².